The Hall–Kier alpha value is 0.470. The van der Waals surface area contributed by atoms with E-state index in [1.165, 1.54) is 6.42 Å². The predicted molar refractivity (Wildman–Crippen MR) is 55.9 cm³/mol. The van der Waals surface area contributed by atoms with Crippen molar-refractivity contribution in [3.63, 3.8) is 0 Å². The Bertz CT molecular complexity index is 138. The smallest absolute Gasteiger partial charge is 0.303 e. The molecule has 13 heavy (non-hydrogen) atoms. The van der Waals surface area contributed by atoms with Crippen molar-refractivity contribution in [3.05, 3.63) is 0 Å². The topological polar surface area (TPSA) is 37.3 Å². The molecule has 0 rings (SSSR count). The van der Waals surface area contributed by atoms with Crippen molar-refractivity contribution in [3.8, 4) is 0 Å². The van der Waals surface area contributed by atoms with Crippen molar-refractivity contribution in [2.45, 2.75) is 52.9 Å². The van der Waals surface area contributed by atoms with Crippen LogP contribution in [0.4, 0.5) is 0 Å². The van der Waals surface area contributed by atoms with E-state index >= 15 is 0 Å². The molecule has 0 saturated heterocycles. The number of hydrogen-bond acceptors (Lipinski definition) is 1. The van der Waals surface area contributed by atoms with Crippen molar-refractivity contribution in [2.75, 3.05) is 0 Å². The third-order valence-electron chi connectivity index (χ3n) is 1.82. The van der Waals surface area contributed by atoms with Gasteiger partial charge < -0.3 is 5.11 Å². The summed E-state index contributed by atoms with van der Waals surface area (Å²) in [6, 6.07) is 0. The number of aliphatic carboxylic acids is 1. The van der Waals surface area contributed by atoms with E-state index in [0.29, 0.717) is 11.8 Å². The third kappa shape index (κ3) is 15.2. The summed E-state index contributed by atoms with van der Waals surface area (Å²) in [5.74, 6) is -0.675. The molecule has 0 aliphatic rings. The van der Waals surface area contributed by atoms with Crippen LogP contribution in [-0.2, 0) is 4.79 Å². The van der Waals surface area contributed by atoms with Crippen molar-refractivity contribution >= 4 is 35.5 Å². The molecule has 1 N–H and O–H groups in total. The summed E-state index contributed by atoms with van der Waals surface area (Å²) in [5.41, 5.74) is 0.392. The first-order chi connectivity index (χ1) is 5.42. The minimum Gasteiger partial charge on any atom is -0.481 e. The quantitative estimate of drug-likeness (QED) is 0.541. The number of rotatable bonds is 5. The molecular formula is C10H20NaO2. The maximum Gasteiger partial charge on any atom is 0.303 e. The summed E-state index contributed by atoms with van der Waals surface area (Å²) in [5, 5.41) is 8.37. The molecule has 73 valence electrons. The minimum atomic E-state index is -0.675. The van der Waals surface area contributed by atoms with Gasteiger partial charge in [0, 0.05) is 36.0 Å². The minimum absolute atomic E-state index is 0. The van der Waals surface area contributed by atoms with Gasteiger partial charge in [-0.3, -0.25) is 4.79 Å². The van der Waals surface area contributed by atoms with Gasteiger partial charge in [-0.25, -0.2) is 0 Å². The van der Waals surface area contributed by atoms with E-state index in [4.69, 9.17) is 5.11 Å². The summed E-state index contributed by atoms with van der Waals surface area (Å²) in [4.78, 5) is 10.2. The average Bonchev–Trinajstić information content (AvgIpc) is 1.83. The third-order valence-corrected chi connectivity index (χ3v) is 1.82. The van der Waals surface area contributed by atoms with E-state index in [1.807, 2.05) is 0 Å². The van der Waals surface area contributed by atoms with E-state index in [-0.39, 0.29) is 29.6 Å². The normalized spacial score (nSPS) is 10.7. The van der Waals surface area contributed by atoms with Crippen LogP contribution in [-0.4, -0.2) is 40.6 Å². The van der Waals surface area contributed by atoms with Gasteiger partial charge in [-0.2, -0.15) is 0 Å². The van der Waals surface area contributed by atoms with Gasteiger partial charge in [0.1, 0.15) is 0 Å². The second-order valence-corrected chi connectivity index (χ2v) is 4.52. The van der Waals surface area contributed by atoms with E-state index in [2.05, 4.69) is 20.8 Å². The van der Waals surface area contributed by atoms with Crippen molar-refractivity contribution in [1.29, 1.82) is 0 Å². The fourth-order valence-electron chi connectivity index (χ4n) is 1.11. The Morgan fingerprint density at radius 1 is 1.15 bits per heavy atom. The van der Waals surface area contributed by atoms with Crippen LogP contribution in [0.25, 0.3) is 0 Å². The zero-order valence-electron chi connectivity index (χ0n) is 9.39. The molecule has 3 heteroatoms. The monoisotopic (exact) mass is 195 g/mol. The van der Waals surface area contributed by atoms with Crippen LogP contribution in [0.1, 0.15) is 52.9 Å². The number of unbranched alkanes of at least 4 members (excludes halogenated alkanes) is 2. The van der Waals surface area contributed by atoms with E-state index in [1.54, 1.807) is 0 Å². The zero-order valence-corrected chi connectivity index (χ0v) is 11.4. The molecule has 0 atom stereocenters. The first kappa shape index (κ1) is 15.9. The molecule has 0 fully saturated rings. The van der Waals surface area contributed by atoms with Crippen LogP contribution in [0.3, 0.4) is 0 Å². The van der Waals surface area contributed by atoms with Gasteiger partial charge in [-0.15, -0.1) is 0 Å². The van der Waals surface area contributed by atoms with E-state index in [0.717, 1.165) is 19.3 Å². The van der Waals surface area contributed by atoms with E-state index < -0.39 is 5.97 Å². The second-order valence-electron chi connectivity index (χ2n) is 4.52. The number of hydrogen-bond donors (Lipinski definition) is 1. The van der Waals surface area contributed by atoms with Gasteiger partial charge in [-0.1, -0.05) is 33.6 Å². The Kier molecular flexibility index (Phi) is 9.60. The van der Waals surface area contributed by atoms with Crippen LogP contribution in [0.2, 0.25) is 0 Å². The molecule has 0 aromatic carbocycles. The predicted octanol–water partition coefficient (Wildman–Crippen LogP) is 2.69. The van der Waals surface area contributed by atoms with E-state index in [9.17, 15) is 4.79 Å². The van der Waals surface area contributed by atoms with Gasteiger partial charge in [0.25, 0.3) is 0 Å². The Balaban J connectivity index is 0. The standard InChI is InChI=1S/C10H20O2.Na/c1-10(2,3)8-6-4-5-7-9(11)12;/h4-8H2,1-3H3,(H,11,12);. The maximum absolute atomic E-state index is 10.2. The van der Waals surface area contributed by atoms with Crippen LogP contribution < -0.4 is 0 Å². The van der Waals surface area contributed by atoms with Crippen LogP contribution >= 0.6 is 0 Å². The van der Waals surface area contributed by atoms with Crippen LogP contribution in [0.5, 0.6) is 0 Å². The molecule has 0 saturated carbocycles. The number of carboxylic acid groups (broad SMARTS) is 1. The van der Waals surface area contributed by atoms with Gasteiger partial charge in [0.2, 0.25) is 0 Å². The Labute approximate surface area is 103 Å². The van der Waals surface area contributed by atoms with Gasteiger partial charge >= 0.3 is 5.97 Å². The second kappa shape index (κ2) is 7.84. The number of carbonyl (C=O) groups is 1. The Morgan fingerprint density at radius 3 is 2.08 bits per heavy atom. The van der Waals surface area contributed by atoms with Crippen molar-refractivity contribution < 1.29 is 9.90 Å². The molecule has 0 unspecified atom stereocenters. The summed E-state index contributed by atoms with van der Waals surface area (Å²) in [6.45, 7) is 6.64. The largest absolute Gasteiger partial charge is 0.481 e. The molecule has 0 aliphatic heterocycles. The molecule has 0 bridgehead atoms. The molecule has 0 aromatic rings. The molecular weight excluding hydrogens is 175 g/mol. The molecule has 2 nitrogen and oxygen atoms in total. The SMILES string of the molecule is CC(C)(C)CCCCCC(=O)O.[Na]. The average molecular weight is 195 g/mol. The van der Waals surface area contributed by atoms with Crippen LogP contribution in [0, 0.1) is 5.41 Å². The summed E-state index contributed by atoms with van der Waals surface area (Å²) >= 11 is 0. The number of carboxylic acids is 1. The van der Waals surface area contributed by atoms with Crippen molar-refractivity contribution in [1.82, 2.24) is 0 Å². The maximum atomic E-state index is 10.2. The summed E-state index contributed by atoms with van der Waals surface area (Å²) in [7, 11) is 0. The first-order valence-corrected chi connectivity index (χ1v) is 4.63. The van der Waals surface area contributed by atoms with Gasteiger partial charge in [0.15, 0.2) is 0 Å². The Morgan fingerprint density at radius 2 is 1.69 bits per heavy atom. The summed E-state index contributed by atoms with van der Waals surface area (Å²) < 4.78 is 0. The van der Waals surface area contributed by atoms with Gasteiger partial charge in [-0.05, 0) is 18.3 Å². The van der Waals surface area contributed by atoms with Gasteiger partial charge in [0.05, 0.1) is 0 Å². The fraction of sp³-hybridized carbons (Fsp3) is 0.900. The fourth-order valence-corrected chi connectivity index (χ4v) is 1.11. The molecule has 0 aliphatic carbocycles. The molecule has 0 spiro atoms. The van der Waals surface area contributed by atoms with Crippen LogP contribution in [0.15, 0.2) is 0 Å². The molecule has 0 aromatic heterocycles. The molecule has 0 amide bonds. The summed E-state index contributed by atoms with van der Waals surface area (Å²) in [6.07, 6.45) is 4.53. The first-order valence-electron chi connectivity index (χ1n) is 4.63. The molecule has 0 heterocycles. The van der Waals surface area contributed by atoms with Crippen molar-refractivity contribution in [2.24, 2.45) is 5.41 Å². The molecule has 1 radical (unpaired) electrons. The zero-order chi connectivity index (χ0) is 9.61.